The molecule has 0 N–H and O–H groups in total. The second-order valence-electron chi connectivity index (χ2n) is 24.1. The van der Waals surface area contributed by atoms with Gasteiger partial charge in [-0.25, -0.2) is 0 Å². The molecule has 86 heavy (non-hydrogen) atoms. The van der Waals surface area contributed by atoms with Gasteiger partial charge in [0.2, 0.25) is 0 Å². The molecule has 2 atom stereocenters. The Balaban J connectivity index is 4.08. The normalized spacial score (nSPS) is 14.0. The summed E-state index contributed by atoms with van der Waals surface area (Å²) in [6, 6.07) is 0. The van der Waals surface area contributed by atoms with E-state index in [1.165, 1.54) is 141 Å². The van der Waals surface area contributed by atoms with Crippen LogP contribution in [0, 0.1) is 0 Å². The molecule has 2 unspecified atom stereocenters. The third kappa shape index (κ3) is 69.3. The van der Waals surface area contributed by atoms with Gasteiger partial charge in [0.15, 0.2) is 6.10 Å². The fourth-order valence-corrected chi connectivity index (χ4v) is 10.1. The van der Waals surface area contributed by atoms with Gasteiger partial charge in [-0.1, -0.05) is 295 Å². The van der Waals surface area contributed by atoms with E-state index >= 15 is 0 Å². The van der Waals surface area contributed by atoms with Crippen molar-refractivity contribution in [3.05, 3.63) is 134 Å². The summed E-state index contributed by atoms with van der Waals surface area (Å²) in [5.41, 5.74) is 0. The topological polar surface area (TPSA) is 111 Å². The van der Waals surface area contributed by atoms with Gasteiger partial charge < -0.3 is 27.9 Å². The Bertz CT molecular complexity index is 1910. The molecule has 0 fully saturated rings. The number of hydrogen-bond acceptors (Lipinski definition) is 8. The van der Waals surface area contributed by atoms with Gasteiger partial charge in [-0.15, -0.1) is 0 Å². The first-order valence-corrected chi connectivity index (χ1v) is 36.4. The van der Waals surface area contributed by atoms with Crippen LogP contribution >= 0.6 is 7.82 Å². The number of carbonyl (C=O) groups is 2. The fraction of sp³-hybridized carbons (Fsp3) is 0.684. The first-order valence-electron chi connectivity index (χ1n) is 34.9. The summed E-state index contributed by atoms with van der Waals surface area (Å²) in [5, 5.41) is 0. The van der Waals surface area contributed by atoms with Gasteiger partial charge in [0.05, 0.1) is 27.7 Å². The molecule has 0 saturated heterocycles. The van der Waals surface area contributed by atoms with Crippen molar-refractivity contribution in [2.75, 3.05) is 47.5 Å². The number of quaternary nitrogens is 1. The lowest BCUT2D eigenvalue weighted by atomic mass is 10.0. The van der Waals surface area contributed by atoms with E-state index in [0.29, 0.717) is 17.4 Å². The van der Waals surface area contributed by atoms with Crippen molar-refractivity contribution in [2.24, 2.45) is 0 Å². The van der Waals surface area contributed by atoms with E-state index in [-0.39, 0.29) is 32.0 Å². The minimum absolute atomic E-state index is 0.0362. The fourth-order valence-electron chi connectivity index (χ4n) is 9.39. The van der Waals surface area contributed by atoms with Crippen molar-refractivity contribution in [2.45, 2.75) is 290 Å². The highest BCUT2D eigenvalue weighted by Gasteiger charge is 2.22. The molecule has 0 spiro atoms. The van der Waals surface area contributed by atoms with E-state index in [1.54, 1.807) is 0 Å². The molecule has 0 saturated carbocycles. The Morgan fingerprint density at radius 2 is 0.628 bits per heavy atom. The molecule has 0 aromatic rings. The summed E-state index contributed by atoms with van der Waals surface area (Å²) in [6.45, 7) is 4.02. The maximum Gasteiger partial charge on any atom is 0.306 e. The Hall–Kier alpha value is -3.85. The summed E-state index contributed by atoms with van der Waals surface area (Å²) < 4.78 is 34.3. The summed E-state index contributed by atoms with van der Waals surface area (Å²) in [6.07, 6.45) is 95.2. The van der Waals surface area contributed by atoms with Gasteiger partial charge in [-0.05, 0) is 109 Å². The van der Waals surface area contributed by atoms with Gasteiger partial charge >= 0.3 is 11.9 Å². The van der Waals surface area contributed by atoms with Crippen LogP contribution in [0.4, 0.5) is 0 Å². The minimum Gasteiger partial charge on any atom is -0.756 e. The number of unbranched alkanes of at least 4 members (excludes halogenated alkanes) is 27. The van der Waals surface area contributed by atoms with Crippen LogP contribution < -0.4 is 4.89 Å². The number of hydrogen-bond donors (Lipinski definition) is 0. The van der Waals surface area contributed by atoms with Crippen LogP contribution in [0.2, 0.25) is 0 Å². The Kier molecular flexibility index (Phi) is 62.7. The smallest absolute Gasteiger partial charge is 0.306 e. The Labute approximate surface area is 530 Å². The third-order valence-electron chi connectivity index (χ3n) is 14.7. The highest BCUT2D eigenvalue weighted by Crippen LogP contribution is 2.38. The highest BCUT2D eigenvalue weighted by atomic mass is 31.2. The average Bonchev–Trinajstić information content (AvgIpc) is 3.56. The molecule has 0 radical (unpaired) electrons. The molecule has 492 valence electrons. The zero-order valence-corrected chi connectivity index (χ0v) is 56.9. The lowest BCUT2D eigenvalue weighted by Gasteiger charge is -2.28. The van der Waals surface area contributed by atoms with Crippen molar-refractivity contribution in [1.29, 1.82) is 0 Å². The van der Waals surface area contributed by atoms with Crippen molar-refractivity contribution >= 4 is 19.8 Å². The van der Waals surface area contributed by atoms with E-state index in [1.807, 2.05) is 21.1 Å². The van der Waals surface area contributed by atoms with Gasteiger partial charge in [0, 0.05) is 12.8 Å². The Morgan fingerprint density at radius 3 is 0.930 bits per heavy atom. The Morgan fingerprint density at radius 1 is 0.360 bits per heavy atom. The number of phosphoric acid groups is 1. The van der Waals surface area contributed by atoms with Crippen molar-refractivity contribution < 1.29 is 42.1 Å². The second-order valence-corrected chi connectivity index (χ2v) is 25.5. The van der Waals surface area contributed by atoms with Crippen LogP contribution in [0.3, 0.4) is 0 Å². The van der Waals surface area contributed by atoms with E-state index < -0.39 is 26.5 Å². The van der Waals surface area contributed by atoms with Crippen LogP contribution in [-0.4, -0.2) is 70.0 Å². The molecule has 0 bridgehead atoms. The predicted octanol–water partition coefficient (Wildman–Crippen LogP) is 22.2. The summed E-state index contributed by atoms with van der Waals surface area (Å²) in [5.74, 6) is -0.835. The largest absolute Gasteiger partial charge is 0.756 e. The highest BCUT2D eigenvalue weighted by molar-refractivity contribution is 7.45. The number of phosphoric ester groups is 1. The van der Waals surface area contributed by atoms with Crippen molar-refractivity contribution in [1.82, 2.24) is 0 Å². The third-order valence-corrected chi connectivity index (χ3v) is 15.6. The van der Waals surface area contributed by atoms with Crippen LogP contribution in [-0.2, 0) is 32.7 Å². The van der Waals surface area contributed by atoms with Gasteiger partial charge in [0.25, 0.3) is 7.82 Å². The molecule has 0 aliphatic rings. The van der Waals surface area contributed by atoms with Crippen LogP contribution in [0.1, 0.15) is 284 Å². The summed E-state index contributed by atoms with van der Waals surface area (Å²) in [4.78, 5) is 38.1. The number of nitrogens with zero attached hydrogens (tertiary/aromatic N) is 1. The molecule has 0 aliphatic carbocycles. The quantitative estimate of drug-likeness (QED) is 0.0195. The standard InChI is InChI=1S/C76H130NO8P/c1-6-8-10-12-14-16-18-20-22-24-26-28-30-32-34-36-38-40-42-44-46-48-50-52-54-56-58-60-62-64-66-68-75(78)82-72-74(73-84-86(80,81)83-71-70-77(3,4)5)85-76(79)69-67-65-63-61-59-57-55-53-51-49-47-45-43-41-39-37-35-33-31-29-27-25-23-21-19-17-15-13-11-9-7-2/h8-11,14-17,20-23,26-29,32-35,39,41,74H,6-7,12-13,18-19,24-25,30-31,36-38,40,42-73H2,1-5H3/b10-8-,11-9-,16-14-,17-15-,22-20-,23-21-,28-26-,29-27-,34-32-,35-33-,41-39-. The van der Waals surface area contributed by atoms with Crippen LogP contribution in [0.15, 0.2) is 134 Å². The van der Waals surface area contributed by atoms with Crippen LogP contribution in [0.5, 0.6) is 0 Å². The molecule has 0 aliphatic heterocycles. The molecule has 0 amide bonds. The average molecular weight is 1220 g/mol. The maximum atomic E-state index is 12.9. The number of esters is 2. The van der Waals surface area contributed by atoms with Crippen molar-refractivity contribution in [3.8, 4) is 0 Å². The van der Waals surface area contributed by atoms with Gasteiger partial charge in [-0.3, -0.25) is 14.2 Å². The monoisotopic (exact) mass is 1220 g/mol. The minimum atomic E-state index is -4.65. The van der Waals surface area contributed by atoms with Crippen LogP contribution in [0.25, 0.3) is 0 Å². The first-order chi connectivity index (χ1) is 42.0. The predicted molar refractivity (Wildman–Crippen MR) is 369 cm³/mol. The molecule has 0 rings (SSSR count). The summed E-state index contributed by atoms with van der Waals surface area (Å²) >= 11 is 0. The number of allylic oxidation sites excluding steroid dienone is 22. The zero-order chi connectivity index (χ0) is 62.6. The number of rotatable bonds is 63. The van der Waals surface area contributed by atoms with E-state index in [9.17, 15) is 19.0 Å². The SMILES string of the molecule is CC/C=C\C/C=C\C/C=C\C/C=C\C/C=C\C/C=C\CCCCCCCCCCCCCCC(=O)OC(COC(=O)CCCCCCCCCCCCCCCCC/C=C\C/C=C\C/C=C\C/C=C\C/C=C\CC)COP(=O)([O-])OCC[N+](C)(C)C. The van der Waals surface area contributed by atoms with Gasteiger partial charge in [-0.2, -0.15) is 0 Å². The molecule has 0 aromatic carbocycles. The van der Waals surface area contributed by atoms with E-state index in [4.69, 9.17) is 18.5 Å². The lowest BCUT2D eigenvalue weighted by molar-refractivity contribution is -0.870. The number of ether oxygens (including phenoxy) is 2. The van der Waals surface area contributed by atoms with Gasteiger partial charge in [0.1, 0.15) is 19.8 Å². The zero-order valence-electron chi connectivity index (χ0n) is 56.0. The van der Waals surface area contributed by atoms with Crippen molar-refractivity contribution in [3.63, 3.8) is 0 Å². The molecule has 10 heteroatoms. The van der Waals surface area contributed by atoms with E-state index in [0.717, 1.165) is 109 Å². The molecular weight excluding hydrogens is 1090 g/mol. The summed E-state index contributed by atoms with van der Waals surface area (Å²) in [7, 11) is 1.16. The molecule has 9 nitrogen and oxygen atoms in total. The molecular formula is C76H130NO8P. The number of carbonyl (C=O) groups excluding carboxylic acids is 2. The number of likely N-dealkylation sites (N-methyl/N-ethyl adjacent to an activating group) is 1. The maximum absolute atomic E-state index is 12.9. The second kappa shape index (κ2) is 65.6. The molecule has 0 aromatic heterocycles. The molecule has 0 heterocycles. The first kappa shape index (κ1) is 82.1. The van der Waals surface area contributed by atoms with E-state index in [2.05, 4.69) is 148 Å². The lowest BCUT2D eigenvalue weighted by Crippen LogP contribution is -2.37.